The lowest BCUT2D eigenvalue weighted by molar-refractivity contribution is 0.378. The van der Waals surface area contributed by atoms with Gasteiger partial charge in [-0.05, 0) is 49.6 Å². The average molecular weight is 272 g/mol. The first kappa shape index (κ1) is 14.3. The van der Waals surface area contributed by atoms with Crippen LogP contribution >= 0.6 is 0 Å². The van der Waals surface area contributed by atoms with E-state index in [0.29, 0.717) is 17.2 Å². The van der Waals surface area contributed by atoms with Crippen molar-refractivity contribution in [1.29, 1.82) is 0 Å². The molecule has 0 amide bonds. The van der Waals surface area contributed by atoms with Crippen LogP contribution in [0.4, 0.5) is 0 Å². The van der Waals surface area contributed by atoms with Crippen LogP contribution in [-0.4, -0.2) is 18.1 Å². The molecule has 4 nitrogen and oxygen atoms in total. The minimum absolute atomic E-state index is 0.0981. The second kappa shape index (κ2) is 6.39. The van der Waals surface area contributed by atoms with Gasteiger partial charge in [0.15, 0.2) is 11.5 Å². The number of nitrogens with two attached hydrogens (primary N) is 1. The summed E-state index contributed by atoms with van der Waals surface area (Å²) in [6.45, 7) is 3.98. The highest BCUT2D eigenvalue weighted by molar-refractivity contribution is 5.45. The Kier molecular flexibility index (Phi) is 4.58. The quantitative estimate of drug-likeness (QED) is 0.908. The molecule has 2 rings (SSSR count). The van der Waals surface area contributed by atoms with Crippen molar-refractivity contribution in [2.24, 2.45) is 5.73 Å². The van der Waals surface area contributed by atoms with Gasteiger partial charge in [-0.2, -0.15) is 0 Å². The smallest absolute Gasteiger partial charge is 0.169 e. The summed E-state index contributed by atoms with van der Waals surface area (Å²) in [5, 5.41) is 0. The molecular formula is C16H20N2O2. The molecule has 0 aliphatic carbocycles. The molecule has 0 bridgehead atoms. The minimum atomic E-state index is 0.0981. The highest BCUT2D eigenvalue weighted by Gasteiger charge is 2.07. The van der Waals surface area contributed by atoms with Crippen molar-refractivity contribution in [2.75, 3.05) is 7.11 Å². The maximum Gasteiger partial charge on any atom is 0.169 e. The van der Waals surface area contributed by atoms with E-state index in [1.54, 1.807) is 13.3 Å². The summed E-state index contributed by atoms with van der Waals surface area (Å²) < 4.78 is 11.2. The molecule has 2 N–H and O–H groups in total. The largest absolute Gasteiger partial charge is 0.493 e. The van der Waals surface area contributed by atoms with Crippen molar-refractivity contribution in [3.05, 3.63) is 47.8 Å². The lowest BCUT2D eigenvalue weighted by atomic mass is 10.1. The van der Waals surface area contributed by atoms with Crippen LogP contribution in [0.1, 0.15) is 18.1 Å². The molecule has 0 saturated carbocycles. The molecular weight excluding hydrogens is 252 g/mol. The van der Waals surface area contributed by atoms with Crippen LogP contribution in [0, 0.1) is 6.92 Å². The van der Waals surface area contributed by atoms with E-state index in [1.165, 1.54) is 0 Å². The van der Waals surface area contributed by atoms with Gasteiger partial charge in [0, 0.05) is 12.2 Å². The molecule has 0 saturated heterocycles. The fraction of sp³-hybridized carbons (Fsp3) is 0.312. The second-order valence-corrected chi connectivity index (χ2v) is 4.97. The van der Waals surface area contributed by atoms with Crippen molar-refractivity contribution in [3.8, 4) is 17.2 Å². The molecule has 4 heteroatoms. The van der Waals surface area contributed by atoms with Crippen LogP contribution in [0.15, 0.2) is 36.7 Å². The molecule has 106 valence electrons. The van der Waals surface area contributed by atoms with Gasteiger partial charge < -0.3 is 15.2 Å². The summed E-state index contributed by atoms with van der Waals surface area (Å²) >= 11 is 0. The number of aryl methyl sites for hydroxylation is 1. The summed E-state index contributed by atoms with van der Waals surface area (Å²) in [4.78, 5) is 4.19. The first-order valence-corrected chi connectivity index (χ1v) is 6.60. The molecule has 0 radical (unpaired) electrons. The Hall–Kier alpha value is -2.07. The Labute approximate surface area is 119 Å². The molecule has 1 aromatic carbocycles. The molecule has 0 spiro atoms. The Bertz CT molecular complexity index is 582. The van der Waals surface area contributed by atoms with Gasteiger partial charge >= 0.3 is 0 Å². The van der Waals surface area contributed by atoms with Crippen LogP contribution < -0.4 is 15.2 Å². The van der Waals surface area contributed by atoms with Gasteiger partial charge in [-0.1, -0.05) is 6.07 Å². The minimum Gasteiger partial charge on any atom is -0.493 e. The summed E-state index contributed by atoms with van der Waals surface area (Å²) in [5.74, 6) is 2.07. The van der Waals surface area contributed by atoms with Crippen molar-refractivity contribution in [2.45, 2.75) is 26.3 Å². The molecule has 2 aromatic rings. The maximum absolute atomic E-state index is 5.85. The maximum atomic E-state index is 5.85. The number of ether oxygens (including phenoxy) is 2. The van der Waals surface area contributed by atoms with Crippen molar-refractivity contribution in [1.82, 2.24) is 4.98 Å². The highest BCUT2D eigenvalue weighted by atomic mass is 16.5. The standard InChI is InChI=1S/C16H20N2O2/c1-11-4-5-15(16(6-11)19-3)20-14-8-13(7-12(2)17)9-18-10-14/h4-6,8-10,12H,7,17H2,1-3H3. The predicted molar refractivity (Wildman–Crippen MR) is 79.4 cm³/mol. The number of rotatable bonds is 5. The molecule has 1 aromatic heterocycles. The van der Waals surface area contributed by atoms with E-state index in [-0.39, 0.29) is 6.04 Å². The van der Waals surface area contributed by atoms with Crippen LogP contribution in [0.3, 0.4) is 0 Å². The predicted octanol–water partition coefficient (Wildman–Crippen LogP) is 3.08. The van der Waals surface area contributed by atoms with E-state index in [9.17, 15) is 0 Å². The number of aromatic nitrogens is 1. The van der Waals surface area contributed by atoms with E-state index in [1.807, 2.05) is 44.3 Å². The van der Waals surface area contributed by atoms with E-state index in [4.69, 9.17) is 15.2 Å². The van der Waals surface area contributed by atoms with Crippen molar-refractivity contribution < 1.29 is 9.47 Å². The lowest BCUT2D eigenvalue weighted by Crippen LogP contribution is -2.17. The molecule has 0 fully saturated rings. The van der Waals surface area contributed by atoms with E-state index in [2.05, 4.69) is 4.98 Å². The summed E-state index contributed by atoms with van der Waals surface area (Å²) in [6, 6.07) is 7.87. The zero-order valence-electron chi connectivity index (χ0n) is 12.1. The summed E-state index contributed by atoms with van der Waals surface area (Å²) in [5.41, 5.74) is 7.98. The van der Waals surface area contributed by atoms with E-state index in [0.717, 1.165) is 17.5 Å². The fourth-order valence-corrected chi connectivity index (χ4v) is 1.99. The van der Waals surface area contributed by atoms with E-state index >= 15 is 0 Å². The summed E-state index contributed by atoms with van der Waals surface area (Å²) in [6.07, 6.45) is 4.27. The summed E-state index contributed by atoms with van der Waals surface area (Å²) in [7, 11) is 1.63. The van der Waals surface area contributed by atoms with Crippen LogP contribution in [-0.2, 0) is 6.42 Å². The third kappa shape index (κ3) is 3.71. The van der Waals surface area contributed by atoms with Gasteiger partial charge in [0.25, 0.3) is 0 Å². The number of hydrogen-bond acceptors (Lipinski definition) is 4. The number of pyridine rings is 1. The van der Waals surface area contributed by atoms with Gasteiger partial charge in [-0.25, -0.2) is 0 Å². The molecule has 1 heterocycles. The number of methoxy groups -OCH3 is 1. The fourth-order valence-electron chi connectivity index (χ4n) is 1.99. The van der Waals surface area contributed by atoms with Gasteiger partial charge in [0.05, 0.1) is 13.3 Å². The third-order valence-electron chi connectivity index (χ3n) is 2.87. The third-order valence-corrected chi connectivity index (χ3v) is 2.87. The second-order valence-electron chi connectivity index (χ2n) is 4.97. The number of benzene rings is 1. The SMILES string of the molecule is COc1cc(C)ccc1Oc1cncc(CC(C)N)c1. The normalized spacial score (nSPS) is 12.0. The van der Waals surface area contributed by atoms with Crippen molar-refractivity contribution >= 4 is 0 Å². The topological polar surface area (TPSA) is 57.4 Å². The Morgan fingerprint density at radius 2 is 2.00 bits per heavy atom. The Morgan fingerprint density at radius 1 is 1.20 bits per heavy atom. The number of hydrogen-bond donors (Lipinski definition) is 1. The average Bonchev–Trinajstić information content (AvgIpc) is 2.40. The van der Waals surface area contributed by atoms with Gasteiger partial charge in [-0.15, -0.1) is 0 Å². The van der Waals surface area contributed by atoms with Gasteiger partial charge in [0.2, 0.25) is 0 Å². The van der Waals surface area contributed by atoms with Gasteiger partial charge in [-0.3, -0.25) is 4.98 Å². The molecule has 1 unspecified atom stereocenters. The molecule has 1 atom stereocenters. The van der Waals surface area contributed by atoms with Crippen LogP contribution in [0.2, 0.25) is 0 Å². The van der Waals surface area contributed by atoms with Crippen LogP contribution in [0.25, 0.3) is 0 Å². The first-order valence-electron chi connectivity index (χ1n) is 6.60. The van der Waals surface area contributed by atoms with Gasteiger partial charge in [0.1, 0.15) is 5.75 Å². The van der Waals surface area contributed by atoms with E-state index < -0.39 is 0 Å². The zero-order valence-corrected chi connectivity index (χ0v) is 12.1. The molecule has 20 heavy (non-hydrogen) atoms. The first-order chi connectivity index (χ1) is 9.58. The monoisotopic (exact) mass is 272 g/mol. The van der Waals surface area contributed by atoms with Crippen LogP contribution in [0.5, 0.6) is 17.2 Å². The Morgan fingerprint density at radius 3 is 2.70 bits per heavy atom. The number of nitrogens with zero attached hydrogens (tertiary/aromatic N) is 1. The Balaban J connectivity index is 2.21. The lowest BCUT2D eigenvalue weighted by Gasteiger charge is -2.12. The molecule has 0 aliphatic rings. The zero-order chi connectivity index (χ0) is 14.5. The van der Waals surface area contributed by atoms with Crippen molar-refractivity contribution in [3.63, 3.8) is 0 Å². The highest BCUT2D eigenvalue weighted by Crippen LogP contribution is 2.32. The molecule has 0 aliphatic heterocycles.